The van der Waals surface area contributed by atoms with E-state index in [1.807, 2.05) is 56.0 Å². The third-order valence-electron chi connectivity index (χ3n) is 2.78. The number of hydrogen-bond donors (Lipinski definition) is 0. The molecule has 0 N–H and O–H groups in total. The Kier molecular flexibility index (Phi) is 3.98. The molecule has 1 aliphatic rings. The van der Waals surface area contributed by atoms with Gasteiger partial charge in [-0.15, -0.1) is 12.3 Å². The van der Waals surface area contributed by atoms with Crippen molar-refractivity contribution >= 4 is 5.78 Å². The maximum atomic E-state index is 12.0. The largest absolute Gasteiger partial charge is 0.294 e. The predicted molar refractivity (Wildman–Crippen MR) is 68.2 cm³/mol. The first-order chi connectivity index (χ1) is 8.31. The maximum absolute atomic E-state index is 12.0. The van der Waals surface area contributed by atoms with Crippen LogP contribution in [0.1, 0.15) is 16.8 Å². The van der Waals surface area contributed by atoms with Crippen LogP contribution in [-0.4, -0.2) is 5.78 Å². The zero-order chi connectivity index (χ0) is 12.1. The van der Waals surface area contributed by atoms with Crippen molar-refractivity contribution in [2.45, 2.75) is 6.42 Å². The van der Waals surface area contributed by atoms with Gasteiger partial charge in [0.2, 0.25) is 0 Å². The summed E-state index contributed by atoms with van der Waals surface area (Å²) in [6, 6.07) is 9.26. The van der Waals surface area contributed by atoms with Gasteiger partial charge in [-0.05, 0) is 31.6 Å². The Hall–Kier alpha value is -1.55. The Morgan fingerprint density at radius 3 is 2.41 bits per heavy atom. The number of Topliss-reactive ketones (excluding diaryl/α,β-unsaturated/α-hetero) is 1. The lowest BCUT2D eigenvalue weighted by Crippen LogP contribution is -2.14. The molecule has 0 heterocycles. The predicted octanol–water partition coefficient (Wildman–Crippen LogP) is 2.91. The van der Waals surface area contributed by atoms with E-state index in [9.17, 15) is 4.79 Å². The van der Waals surface area contributed by atoms with Crippen LogP contribution >= 0.6 is 0 Å². The monoisotopic (exact) mass is 221 g/mol. The number of benzene rings is 1. The van der Waals surface area contributed by atoms with E-state index < -0.39 is 0 Å². The molecule has 1 fully saturated rings. The normalized spacial score (nSPS) is 17.6. The highest BCUT2D eigenvalue weighted by Gasteiger charge is 2.26. The molecule has 1 unspecified atom stereocenters. The minimum Gasteiger partial charge on any atom is -0.294 e. The molecule has 0 aromatic heterocycles. The van der Waals surface area contributed by atoms with E-state index in [1.54, 1.807) is 0 Å². The van der Waals surface area contributed by atoms with Crippen LogP contribution in [0.5, 0.6) is 0 Å². The summed E-state index contributed by atoms with van der Waals surface area (Å²) >= 11 is 0. The molecule has 1 aliphatic carbocycles. The summed E-state index contributed by atoms with van der Waals surface area (Å²) in [4.78, 5) is 12.0. The van der Waals surface area contributed by atoms with E-state index in [0.29, 0.717) is 6.42 Å². The van der Waals surface area contributed by atoms with Crippen LogP contribution in [0, 0.1) is 49.9 Å². The average Bonchev–Trinajstić information content (AvgIpc) is 2.90. The second kappa shape index (κ2) is 5.68. The molecule has 0 amide bonds. The summed E-state index contributed by atoms with van der Waals surface area (Å²) in [5.41, 5.74) is 0.722. The van der Waals surface area contributed by atoms with Crippen LogP contribution in [0.3, 0.4) is 0 Å². The molecule has 1 saturated carbocycles. The highest BCUT2D eigenvalue weighted by molar-refractivity contribution is 5.96. The molecule has 1 heteroatoms. The SMILES string of the molecule is C#CC(CC(=O)c1ccccc1)[C]1[CH][CH][CH][CH]1. The molecule has 17 heavy (non-hydrogen) atoms. The van der Waals surface area contributed by atoms with Crippen molar-refractivity contribution < 1.29 is 4.79 Å². The Bertz CT molecular complexity index is 407. The van der Waals surface area contributed by atoms with Gasteiger partial charge in [-0.1, -0.05) is 30.3 Å². The number of ketones is 1. The van der Waals surface area contributed by atoms with Crippen molar-refractivity contribution in [3.05, 3.63) is 67.5 Å². The molecule has 5 radical (unpaired) electrons. The van der Waals surface area contributed by atoms with Crippen LogP contribution in [0.25, 0.3) is 0 Å². The number of hydrogen-bond acceptors (Lipinski definition) is 1. The quantitative estimate of drug-likeness (QED) is 0.564. The summed E-state index contributed by atoms with van der Waals surface area (Å²) < 4.78 is 0. The van der Waals surface area contributed by atoms with Gasteiger partial charge in [-0.2, -0.15) is 0 Å². The summed E-state index contributed by atoms with van der Waals surface area (Å²) in [7, 11) is 0. The second-order valence-electron chi connectivity index (χ2n) is 3.93. The lowest BCUT2D eigenvalue weighted by molar-refractivity contribution is 0.0973. The highest BCUT2D eigenvalue weighted by Crippen LogP contribution is 2.32. The molecular weight excluding hydrogens is 208 g/mol. The molecule has 0 spiro atoms. The van der Waals surface area contributed by atoms with Crippen LogP contribution < -0.4 is 0 Å². The maximum Gasteiger partial charge on any atom is 0.164 e. The molecule has 0 bridgehead atoms. The molecule has 1 nitrogen and oxygen atoms in total. The van der Waals surface area contributed by atoms with Crippen molar-refractivity contribution in [3.63, 3.8) is 0 Å². The third kappa shape index (κ3) is 2.97. The third-order valence-corrected chi connectivity index (χ3v) is 2.78. The minimum absolute atomic E-state index is 0.0924. The van der Waals surface area contributed by atoms with Crippen molar-refractivity contribution in [1.82, 2.24) is 0 Å². The fourth-order valence-corrected chi connectivity index (χ4v) is 1.82. The smallest absolute Gasteiger partial charge is 0.164 e. The molecule has 2 rings (SSSR count). The second-order valence-corrected chi connectivity index (χ2v) is 3.93. The van der Waals surface area contributed by atoms with Crippen LogP contribution in [0.4, 0.5) is 0 Å². The zero-order valence-electron chi connectivity index (χ0n) is 9.47. The van der Waals surface area contributed by atoms with Crippen LogP contribution in [0.15, 0.2) is 30.3 Å². The number of terminal acetylenes is 1. The van der Waals surface area contributed by atoms with Crippen molar-refractivity contribution in [2.24, 2.45) is 5.92 Å². The zero-order valence-corrected chi connectivity index (χ0v) is 9.47. The summed E-state index contributed by atoms with van der Waals surface area (Å²) in [6.45, 7) is 0. The molecule has 83 valence electrons. The minimum atomic E-state index is -0.127. The van der Waals surface area contributed by atoms with E-state index in [4.69, 9.17) is 6.42 Å². The molecule has 1 atom stereocenters. The van der Waals surface area contributed by atoms with Gasteiger partial charge in [0.1, 0.15) is 0 Å². The van der Waals surface area contributed by atoms with E-state index in [1.165, 1.54) is 0 Å². The molecule has 0 aliphatic heterocycles. The number of rotatable bonds is 4. The van der Waals surface area contributed by atoms with Crippen molar-refractivity contribution in [1.29, 1.82) is 0 Å². The van der Waals surface area contributed by atoms with Crippen molar-refractivity contribution in [2.75, 3.05) is 0 Å². The number of carbonyl (C=O) groups excluding carboxylic acids is 1. The van der Waals surface area contributed by atoms with Crippen LogP contribution in [0.2, 0.25) is 0 Å². The van der Waals surface area contributed by atoms with Gasteiger partial charge in [-0.25, -0.2) is 0 Å². The van der Waals surface area contributed by atoms with Gasteiger partial charge in [-0.3, -0.25) is 4.79 Å². The van der Waals surface area contributed by atoms with E-state index in [-0.39, 0.29) is 11.7 Å². The Balaban J connectivity index is 2.00. The Morgan fingerprint density at radius 2 is 1.82 bits per heavy atom. The van der Waals surface area contributed by atoms with Gasteiger partial charge in [0.05, 0.1) is 0 Å². The van der Waals surface area contributed by atoms with E-state index in [0.717, 1.165) is 11.5 Å². The highest BCUT2D eigenvalue weighted by atomic mass is 16.1. The Morgan fingerprint density at radius 1 is 1.18 bits per heavy atom. The standard InChI is InChI=1S/C16H13O/c1-2-13(14-8-6-7-9-14)12-16(17)15-10-4-3-5-11-15/h1,3-11,13H,12H2. The fourth-order valence-electron chi connectivity index (χ4n) is 1.82. The van der Waals surface area contributed by atoms with Gasteiger partial charge < -0.3 is 0 Å². The van der Waals surface area contributed by atoms with E-state index >= 15 is 0 Å². The van der Waals surface area contributed by atoms with Crippen LogP contribution in [-0.2, 0) is 0 Å². The van der Waals surface area contributed by atoms with Gasteiger partial charge in [0.15, 0.2) is 5.78 Å². The van der Waals surface area contributed by atoms with Gasteiger partial charge in [0.25, 0.3) is 0 Å². The first-order valence-corrected chi connectivity index (χ1v) is 5.57. The summed E-state index contributed by atoms with van der Waals surface area (Å²) in [5.74, 6) is 3.69. The molecular formula is C16H13O. The molecule has 0 saturated heterocycles. The summed E-state index contributed by atoms with van der Waals surface area (Å²) in [5, 5.41) is 0. The average molecular weight is 221 g/mol. The van der Waals surface area contributed by atoms with Crippen molar-refractivity contribution in [3.8, 4) is 12.3 Å². The topological polar surface area (TPSA) is 17.1 Å². The lowest BCUT2D eigenvalue weighted by atomic mass is 9.86. The number of carbonyl (C=O) groups is 1. The fraction of sp³-hybridized carbons (Fsp3) is 0.125. The first-order valence-electron chi connectivity index (χ1n) is 5.57. The lowest BCUT2D eigenvalue weighted by Gasteiger charge is -2.15. The van der Waals surface area contributed by atoms with Gasteiger partial charge in [0, 0.05) is 17.9 Å². The molecule has 1 aromatic rings. The summed E-state index contributed by atoms with van der Waals surface area (Å²) in [6.07, 6.45) is 13.7. The van der Waals surface area contributed by atoms with Gasteiger partial charge >= 0.3 is 0 Å². The molecule has 1 aromatic carbocycles. The Labute approximate surface area is 103 Å². The van der Waals surface area contributed by atoms with E-state index in [2.05, 4.69) is 5.92 Å². The first kappa shape index (κ1) is 11.9.